The first-order chi connectivity index (χ1) is 14.0. The van der Waals surface area contributed by atoms with Crippen LogP contribution >= 0.6 is 0 Å². The predicted octanol–water partition coefficient (Wildman–Crippen LogP) is 3.14. The quantitative estimate of drug-likeness (QED) is 0.869. The number of carbonyl (C=O) groups is 2. The van der Waals surface area contributed by atoms with Gasteiger partial charge in [0.15, 0.2) is 0 Å². The van der Waals surface area contributed by atoms with Gasteiger partial charge in [0.1, 0.15) is 5.75 Å². The fourth-order valence-electron chi connectivity index (χ4n) is 4.45. The van der Waals surface area contributed by atoms with Crippen LogP contribution in [0.4, 0.5) is 0 Å². The highest BCUT2D eigenvalue weighted by Gasteiger charge is 2.41. The van der Waals surface area contributed by atoms with Crippen LogP contribution in [0.3, 0.4) is 0 Å². The number of nitrogens with zero attached hydrogens (tertiary/aromatic N) is 3. The maximum Gasteiger partial charge on any atom is 0.253 e. The number of hydrogen-bond donors (Lipinski definition) is 1. The zero-order chi connectivity index (χ0) is 20.4. The average molecular weight is 393 g/mol. The Balaban J connectivity index is 1.40. The number of likely N-dealkylation sites (tertiary alicyclic amines) is 2. The Kier molecular flexibility index (Phi) is 5.26. The number of pyridine rings is 1. The second-order valence-electron chi connectivity index (χ2n) is 8.36. The average Bonchev–Trinajstić information content (AvgIpc) is 2.74. The number of amides is 2. The fraction of sp³-hybridized carbons (Fsp3) is 0.435. The van der Waals surface area contributed by atoms with E-state index in [1.54, 1.807) is 24.4 Å². The Morgan fingerprint density at radius 1 is 1.17 bits per heavy atom. The van der Waals surface area contributed by atoms with Crippen molar-refractivity contribution in [2.24, 2.45) is 5.41 Å². The topological polar surface area (TPSA) is 73.7 Å². The molecule has 1 N–H and O–H groups in total. The van der Waals surface area contributed by atoms with Crippen LogP contribution in [-0.4, -0.2) is 51.3 Å². The van der Waals surface area contributed by atoms with Crippen LogP contribution in [0, 0.1) is 12.3 Å². The van der Waals surface area contributed by atoms with Crippen LogP contribution in [0.15, 0.2) is 42.6 Å². The van der Waals surface area contributed by atoms with Crippen molar-refractivity contribution in [1.29, 1.82) is 0 Å². The summed E-state index contributed by atoms with van der Waals surface area (Å²) in [5.41, 5.74) is 2.28. The van der Waals surface area contributed by atoms with Crippen LogP contribution in [0.5, 0.6) is 5.75 Å². The fourth-order valence-corrected chi connectivity index (χ4v) is 4.45. The molecule has 2 aromatic rings. The number of phenols is 1. The van der Waals surface area contributed by atoms with E-state index >= 15 is 0 Å². The lowest BCUT2D eigenvalue weighted by molar-refractivity contribution is -0.139. The second-order valence-corrected chi connectivity index (χ2v) is 8.36. The molecule has 6 nitrogen and oxygen atoms in total. The van der Waals surface area contributed by atoms with Crippen molar-refractivity contribution in [3.05, 3.63) is 59.4 Å². The minimum absolute atomic E-state index is 0.0348. The molecule has 2 amide bonds. The van der Waals surface area contributed by atoms with E-state index in [-0.39, 0.29) is 23.0 Å². The van der Waals surface area contributed by atoms with Gasteiger partial charge in [0.2, 0.25) is 5.91 Å². The number of aromatic nitrogens is 1. The minimum Gasteiger partial charge on any atom is -0.508 e. The molecule has 152 valence electrons. The molecule has 0 aliphatic carbocycles. The van der Waals surface area contributed by atoms with Crippen LogP contribution in [0.2, 0.25) is 0 Å². The van der Waals surface area contributed by atoms with E-state index in [1.807, 2.05) is 34.9 Å². The third-order valence-electron chi connectivity index (χ3n) is 6.39. The lowest BCUT2D eigenvalue weighted by Gasteiger charge is -2.47. The summed E-state index contributed by atoms with van der Waals surface area (Å²) in [6.45, 7) is 4.45. The van der Waals surface area contributed by atoms with Crippen molar-refractivity contribution in [3.63, 3.8) is 0 Å². The number of aromatic hydroxyl groups is 1. The van der Waals surface area contributed by atoms with Gasteiger partial charge in [0.25, 0.3) is 5.91 Å². The number of carbonyl (C=O) groups excluding carboxylic acids is 2. The first kappa shape index (κ1) is 19.4. The van der Waals surface area contributed by atoms with E-state index in [2.05, 4.69) is 4.98 Å². The van der Waals surface area contributed by atoms with E-state index in [0.717, 1.165) is 37.1 Å². The molecule has 0 saturated carbocycles. The highest BCUT2D eigenvalue weighted by molar-refractivity contribution is 5.94. The molecule has 0 unspecified atom stereocenters. The summed E-state index contributed by atoms with van der Waals surface area (Å²) in [5.74, 6) is 0.308. The van der Waals surface area contributed by atoms with Crippen molar-refractivity contribution in [2.75, 3.05) is 19.6 Å². The van der Waals surface area contributed by atoms with Crippen LogP contribution in [0.1, 0.15) is 47.3 Å². The van der Waals surface area contributed by atoms with Gasteiger partial charge in [-0.2, -0.15) is 0 Å². The number of rotatable bonds is 3. The summed E-state index contributed by atoms with van der Waals surface area (Å²) in [4.78, 5) is 33.4. The van der Waals surface area contributed by atoms with Crippen LogP contribution < -0.4 is 0 Å². The van der Waals surface area contributed by atoms with Gasteiger partial charge in [-0.15, -0.1) is 0 Å². The SMILES string of the molecule is Cc1ccc(C(=O)N2CCC3(CCC(=O)N(Cc4ccccn4)C3)CC2)cc1O. The largest absolute Gasteiger partial charge is 0.508 e. The maximum atomic E-state index is 12.8. The van der Waals surface area contributed by atoms with Gasteiger partial charge in [0, 0.05) is 37.8 Å². The number of piperidine rings is 2. The van der Waals surface area contributed by atoms with Crippen molar-refractivity contribution in [3.8, 4) is 5.75 Å². The highest BCUT2D eigenvalue weighted by Crippen LogP contribution is 2.41. The van der Waals surface area contributed by atoms with Crippen molar-refractivity contribution >= 4 is 11.8 Å². The summed E-state index contributed by atoms with van der Waals surface area (Å²) in [5, 5.41) is 9.91. The van der Waals surface area contributed by atoms with Crippen molar-refractivity contribution < 1.29 is 14.7 Å². The van der Waals surface area contributed by atoms with Gasteiger partial charge in [-0.1, -0.05) is 12.1 Å². The van der Waals surface area contributed by atoms with E-state index in [1.165, 1.54) is 0 Å². The summed E-state index contributed by atoms with van der Waals surface area (Å²) < 4.78 is 0. The van der Waals surface area contributed by atoms with E-state index in [0.29, 0.717) is 31.6 Å². The third kappa shape index (κ3) is 4.11. The number of phenolic OH excluding ortho intramolecular Hbond substituents is 1. The molecular weight excluding hydrogens is 366 g/mol. The monoisotopic (exact) mass is 393 g/mol. The molecule has 1 aromatic carbocycles. The predicted molar refractivity (Wildman–Crippen MR) is 109 cm³/mol. The molecule has 2 fully saturated rings. The summed E-state index contributed by atoms with van der Waals surface area (Å²) >= 11 is 0. The normalized spacial score (nSPS) is 18.9. The first-order valence-electron chi connectivity index (χ1n) is 10.2. The molecule has 4 rings (SSSR count). The number of aryl methyl sites for hydroxylation is 1. The standard InChI is InChI=1S/C23H27N3O3/c1-17-5-6-18(14-20(17)27)22(29)25-12-9-23(10-13-25)8-7-21(28)26(16-23)15-19-4-2-3-11-24-19/h2-6,11,14,27H,7-10,12-13,15-16H2,1H3. The van der Waals surface area contributed by atoms with Crippen LogP contribution in [-0.2, 0) is 11.3 Å². The molecule has 0 bridgehead atoms. The molecule has 1 aromatic heterocycles. The molecular formula is C23H27N3O3. The Bertz CT molecular complexity index is 905. The second kappa shape index (κ2) is 7.85. The maximum absolute atomic E-state index is 12.8. The third-order valence-corrected chi connectivity index (χ3v) is 6.39. The summed E-state index contributed by atoms with van der Waals surface area (Å²) in [6, 6.07) is 10.9. The lowest BCUT2D eigenvalue weighted by Crippen LogP contribution is -2.52. The molecule has 2 aliphatic heterocycles. The van der Waals surface area contributed by atoms with Gasteiger partial charge in [0.05, 0.1) is 12.2 Å². The molecule has 3 heterocycles. The van der Waals surface area contributed by atoms with E-state index in [4.69, 9.17) is 0 Å². The smallest absolute Gasteiger partial charge is 0.253 e. The van der Waals surface area contributed by atoms with Crippen molar-refractivity contribution in [1.82, 2.24) is 14.8 Å². The first-order valence-corrected chi connectivity index (χ1v) is 10.2. The highest BCUT2D eigenvalue weighted by atomic mass is 16.3. The van der Waals surface area contributed by atoms with E-state index < -0.39 is 0 Å². The molecule has 1 spiro atoms. The summed E-state index contributed by atoms with van der Waals surface area (Å²) in [7, 11) is 0. The Labute approximate surface area is 171 Å². The Morgan fingerprint density at radius 3 is 2.66 bits per heavy atom. The minimum atomic E-state index is -0.0348. The Hall–Kier alpha value is -2.89. The molecule has 0 atom stereocenters. The molecule has 2 saturated heterocycles. The number of benzene rings is 1. The zero-order valence-electron chi connectivity index (χ0n) is 16.8. The van der Waals surface area contributed by atoms with Gasteiger partial charge in [-0.05, 0) is 61.4 Å². The molecule has 2 aliphatic rings. The van der Waals surface area contributed by atoms with Gasteiger partial charge >= 0.3 is 0 Å². The van der Waals surface area contributed by atoms with Crippen molar-refractivity contribution in [2.45, 2.75) is 39.2 Å². The molecule has 6 heteroatoms. The van der Waals surface area contributed by atoms with E-state index in [9.17, 15) is 14.7 Å². The van der Waals surface area contributed by atoms with Gasteiger partial charge < -0.3 is 14.9 Å². The lowest BCUT2D eigenvalue weighted by atomic mass is 9.72. The molecule has 29 heavy (non-hydrogen) atoms. The van der Waals surface area contributed by atoms with Crippen LogP contribution in [0.25, 0.3) is 0 Å². The number of hydrogen-bond acceptors (Lipinski definition) is 4. The Morgan fingerprint density at radius 2 is 1.97 bits per heavy atom. The van der Waals surface area contributed by atoms with Gasteiger partial charge in [-0.3, -0.25) is 14.6 Å². The van der Waals surface area contributed by atoms with Gasteiger partial charge in [-0.25, -0.2) is 0 Å². The summed E-state index contributed by atoms with van der Waals surface area (Å²) in [6.07, 6.45) is 4.99. The molecule has 0 radical (unpaired) electrons. The zero-order valence-corrected chi connectivity index (χ0v) is 16.8.